The summed E-state index contributed by atoms with van der Waals surface area (Å²) in [7, 11) is 1.43. The molecule has 0 saturated heterocycles. The van der Waals surface area contributed by atoms with Gasteiger partial charge < -0.3 is 9.84 Å². The molecular weight excluding hydrogens is 382 g/mol. The molecule has 0 fully saturated rings. The number of hydrazone groups is 1. The van der Waals surface area contributed by atoms with Crippen molar-refractivity contribution in [3.8, 4) is 11.5 Å². The van der Waals surface area contributed by atoms with Crippen molar-refractivity contribution in [3.63, 3.8) is 0 Å². The number of ether oxygens (including phenoxy) is 1. The second-order valence-electron chi connectivity index (χ2n) is 4.54. The molecule has 0 spiro atoms. The highest BCUT2D eigenvalue weighted by atomic mass is 79.9. The van der Waals surface area contributed by atoms with Gasteiger partial charge in [-0.3, -0.25) is 14.9 Å². The highest BCUT2D eigenvalue weighted by molar-refractivity contribution is 9.10. The van der Waals surface area contributed by atoms with Gasteiger partial charge in [-0.15, -0.1) is 0 Å². The molecular formula is C15H12BrN3O5. The highest BCUT2D eigenvalue weighted by Crippen LogP contribution is 2.23. The van der Waals surface area contributed by atoms with E-state index < -0.39 is 10.8 Å². The van der Waals surface area contributed by atoms with Crippen LogP contribution >= 0.6 is 15.9 Å². The van der Waals surface area contributed by atoms with Crippen LogP contribution in [0.4, 0.5) is 5.69 Å². The fourth-order valence-electron chi connectivity index (χ4n) is 1.84. The number of nitro groups is 1. The third kappa shape index (κ3) is 4.07. The standard InChI is InChI=1S/C15H12BrN3O5/c1-24-14-5-2-10(16)7-12(14)15(21)18-17-8-9-6-11(19(22)23)3-4-13(9)20/h2-8,20H,1H3,(H,18,21)/b17-8+. The van der Waals surface area contributed by atoms with Crippen molar-refractivity contribution in [1.82, 2.24) is 5.43 Å². The largest absolute Gasteiger partial charge is 0.507 e. The van der Waals surface area contributed by atoms with E-state index in [9.17, 15) is 20.0 Å². The summed E-state index contributed by atoms with van der Waals surface area (Å²) in [5, 5.41) is 24.1. The van der Waals surface area contributed by atoms with Gasteiger partial charge in [0.15, 0.2) is 0 Å². The van der Waals surface area contributed by atoms with Crippen molar-refractivity contribution in [2.45, 2.75) is 0 Å². The molecule has 1 amide bonds. The van der Waals surface area contributed by atoms with Crippen LogP contribution in [0.15, 0.2) is 46.0 Å². The first kappa shape index (κ1) is 17.4. The Bertz CT molecular complexity index is 823. The molecule has 124 valence electrons. The van der Waals surface area contributed by atoms with Crippen LogP contribution in [-0.4, -0.2) is 29.3 Å². The van der Waals surface area contributed by atoms with Crippen molar-refractivity contribution in [3.05, 3.63) is 62.1 Å². The molecule has 0 bridgehead atoms. The summed E-state index contributed by atoms with van der Waals surface area (Å²) in [6.45, 7) is 0. The SMILES string of the molecule is COc1ccc(Br)cc1C(=O)N/N=C/c1cc([N+](=O)[O-])ccc1O. The quantitative estimate of drug-likeness (QED) is 0.460. The van der Waals surface area contributed by atoms with E-state index in [4.69, 9.17) is 4.74 Å². The highest BCUT2D eigenvalue weighted by Gasteiger charge is 2.12. The zero-order valence-electron chi connectivity index (χ0n) is 12.4. The summed E-state index contributed by atoms with van der Waals surface area (Å²) in [5.74, 6) is -0.364. The van der Waals surface area contributed by atoms with Crippen molar-refractivity contribution in [2.75, 3.05) is 7.11 Å². The molecule has 0 atom stereocenters. The number of halogens is 1. The molecule has 0 aliphatic rings. The zero-order chi connectivity index (χ0) is 17.7. The number of rotatable bonds is 5. The van der Waals surface area contributed by atoms with Crippen LogP contribution in [0.25, 0.3) is 0 Å². The molecule has 0 aliphatic heterocycles. The van der Waals surface area contributed by atoms with Crippen LogP contribution < -0.4 is 10.2 Å². The molecule has 0 heterocycles. The Balaban J connectivity index is 2.17. The fraction of sp³-hybridized carbons (Fsp3) is 0.0667. The van der Waals surface area contributed by atoms with Crippen LogP contribution in [0.2, 0.25) is 0 Å². The minimum Gasteiger partial charge on any atom is -0.507 e. The molecule has 2 aromatic carbocycles. The number of methoxy groups -OCH3 is 1. The van der Waals surface area contributed by atoms with Crippen LogP contribution in [0.3, 0.4) is 0 Å². The topological polar surface area (TPSA) is 114 Å². The molecule has 2 N–H and O–H groups in total. The smallest absolute Gasteiger partial charge is 0.275 e. The second-order valence-corrected chi connectivity index (χ2v) is 5.46. The number of carbonyl (C=O) groups excluding carboxylic acids is 1. The summed E-state index contributed by atoms with van der Waals surface area (Å²) in [5.41, 5.74) is 2.43. The molecule has 0 aliphatic carbocycles. The Hall–Kier alpha value is -2.94. The molecule has 0 saturated carbocycles. The zero-order valence-corrected chi connectivity index (χ0v) is 14.0. The van der Waals surface area contributed by atoms with Gasteiger partial charge in [0.05, 0.1) is 23.8 Å². The van der Waals surface area contributed by atoms with Gasteiger partial charge in [-0.2, -0.15) is 5.10 Å². The fourth-order valence-corrected chi connectivity index (χ4v) is 2.20. The Morgan fingerprint density at radius 2 is 2.12 bits per heavy atom. The van der Waals surface area contributed by atoms with Crippen molar-refractivity contribution in [2.24, 2.45) is 5.10 Å². The number of hydrogen-bond acceptors (Lipinski definition) is 6. The summed E-state index contributed by atoms with van der Waals surface area (Å²) in [4.78, 5) is 22.3. The number of aromatic hydroxyl groups is 1. The average molecular weight is 394 g/mol. The van der Waals surface area contributed by atoms with Crippen molar-refractivity contribution >= 4 is 33.7 Å². The second kappa shape index (κ2) is 7.55. The number of carbonyl (C=O) groups is 1. The Morgan fingerprint density at radius 1 is 1.38 bits per heavy atom. The molecule has 9 heteroatoms. The predicted octanol–water partition coefficient (Wildman–Crippen LogP) is 2.84. The van der Waals surface area contributed by atoms with E-state index in [0.717, 1.165) is 18.3 Å². The van der Waals surface area contributed by atoms with E-state index in [1.165, 1.54) is 13.2 Å². The van der Waals surface area contributed by atoms with Gasteiger partial charge in [0, 0.05) is 22.2 Å². The van der Waals surface area contributed by atoms with Crippen LogP contribution in [0.1, 0.15) is 15.9 Å². The van der Waals surface area contributed by atoms with E-state index in [-0.39, 0.29) is 22.6 Å². The van der Waals surface area contributed by atoms with Gasteiger partial charge in [0.1, 0.15) is 11.5 Å². The first-order valence-electron chi connectivity index (χ1n) is 6.56. The van der Waals surface area contributed by atoms with E-state index in [0.29, 0.717) is 10.2 Å². The summed E-state index contributed by atoms with van der Waals surface area (Å²) in [6.07, 6.45) is 1.12. The van der Waals surface area contributed by atoms with E-state index in [2.05, 4.69) is 26.5 Å². The maximum atomic E-state index is 12.1. The van der Waals surface area contributed by atoms with Gasteiger partial charge in [-0.1, -0.05) is 15.9 Å². The minimum absolute atomic E-state index is 0.103. The molecule has 0 radical (unpaired) electrons. The maximum Gasteiger partial charge on any atom is 0.275 e. The molecule has 2 aromatic rings. The van der Waals surface area contributed by atoms with Gasteiger partial charge in [0.2, 0.25) is 0 Å². The van der Waals surface area contributed by atoms with Gasteiger partial charge >= 0.3 is 0 Å². The van der Waals surface area contributed by atoms with Crippen molar-refractivity contribution in [1.29, 1.82) is 0 Å². The molecule has 24 heavy (non-hydrogen) atoms. The lowest BCUT2D eigenvalue weighted by Crippen LogP contribution is -2.18. The lowest BCUT2D eigenvalue weighted by molar-refractivity contribution is -0.384. The minimum atomic E-state index is -0.596. The van der Waals surface area contributed by atoms with Crippen LogP contribution in [0.5, 0.6) is 11.5 Å². The molecule has 0 unspecified atom stereocenters. The normalized spacial score (nSPS) is 10.6. The number of nitro benzene ring substituents is 1. The number of phenols is 1. The number of amides is 1. The summed E-state index contributed by atoms with van der Waals surface area (Å²) < 4.78 is 5.79. The molecule has 8 nitrogen and oxygen atoms in total. The first-order chi connectivity index (χ1) is 11.4. The first-order valence-corrected chi connectivity index (χ1v) is 7.36. The number of benzene rings is 2. The van der Waals surface area contributed by atoms with Crippen LogP contribution in [0, 0.1) is 10.1 Å². The van der Waals surface area contributed by atoms with Gasteiger partial charge in [-0.25, -0.2) is 5.43 Å². The molecule has 2 rings (SSSR count). The summed E-state index contributed by atoms with van der Waals surface area (Å²) >= 11 is 3.26. The third-order valence-corrected chi connectivity index (χ3v) is 3.49. The summed E-state index contributed by atoms with van der Waals surface area (Å²) in [6, 6.07) is 8.39. The lowest BCUT2D eigenvalue weighted by atomic mass is 10.2. The Morgan fingerprint density at radius 3 is 2.79 bits per heavy atom. The third-order valence-electron chi connectivity index (χ3n) is 3.00. The van der Waals surface area contributed by atoms with Gasteiger partial charge in [-0.05, 0) is 24.3 Å². The Labute approximate surface area is 145 Å². The number of nitrogens with one attached hydrogen (secondary N) is 1. The monoisotopic (exact) mass is 393 g/mol. The van der Waals surface area contributed by atoms with E-state index in [1.54, 1.807) is 18.2 Å². The Kier molecular flexibility index (Phi) is 5.48. The van der Waals surface area contributed by atoms with Crippen LogP contribution in [-0.2, 0) is 0 Å². The van der Waals surface area contributed by atoms with E-state index >= 15 is 0 Å². The predicted molar refractivity (Wildman–Crippen MR) is 90.5 cm³/mol. The number of non-ortho nitro benzene ring substituents is 1. The maximum absolute atomic E-state index is 12.1. The average Bonchev–Trinajstić information content (AvgIpc) is 2.56. The number of hydrogen-bond donors (Lipinski definition) is 2. The molecule has 0 aromatic heterocycles. The van der Waals surface area contributed by atoms with Gasteiger partial charge in [0.25, 0.3) is 11.6 Å². The van der Waals surface area contributed by atoms with Crippen molar-refractivity contribution < 1.29 is 19.6 Å². The number of nitrogens with zero attached hydrogens (tertiary/aromatic N) is 2. The number of phenolic OH excluding ortho intramolecular Hbond substituents is 1. The lowest BCUT2D eigenvalue weighted by Gasteiger charge is -2.07. The van der Waals surface area contributed by atoms with E-state index in [1.807, 2.05) is 0 Å².